The Morgan fingerprint density at radius 1 is 0.886 bits per heavy atom. The lowest BCUT2D eigenvalue weighted by Crippen LogP contribution is -2.39. The molecule has 0 bridgehead atoms. The second kappa shape index (κ2) is 11.9. The molecule has 12 heteroatoms. The number of carbonyl (C=O) groups excluding carboxylic acids is 1. The molecule has 9 nitrogen and oxygen atoms in total. The molecule has 0 atom stereocenters. The zero-order valence-electron chi connectivity index (χ0n) is 24.7. The molecule has 234 valence electrons. The number of halogens is 2. The Kier molecular flexibility index (Phi) is 8.12. The van der Waals surface area contributed by atoms with E-state index in [1.165, 1.54) is 12.8 Å². The molecule has 0 radical (unpaired) electrons. The molecule has 1 spiro atoms. The molecule has 6 rings (SSSR count). The third-order valence-electron chi connectivity index (χ3n) is 8.92. The molecule has 2 aliphatic heterocycles. The van der Waals surface area contributed by atoms with Crippen LogP contribution in [0.25, 0.3) is 0 Å². The SMILES string of the molecule is CCS(=O)(=O)Nc1ccc(C(=O)Nc2ccc(Oc3ccccn3)c(N3CCC(F)(F)CC3)c2)c(N2CCC3(CC2)CC3)c1. The number of nitrogens with one attached hydrogen (secondary N) is 2. The van der Waals surface area contributed by atoms with Crippen LogP contribution < -0.4 is 24.6 Å². The summed E-state index contributed by atoms with van der Waals surface area (Å²) in [5.41, 5.74) is 2.98. The van der Waals surface area contributed by atoms with Crippen LogP contribution in [0.3, 0.4) is 0 Å². The molecule has 2 saturated heterocycles. The third-order valence-corrected chi connectivity index (χ3v) is 10.2. The summed E-state index contributed by atoms with van der Waals surface area (Å²) < 4.78 is 61.2. The van der Waals surface area contributed by atoms with Crippen molar-refractivity contribution >= 4 is 38.7 Å². The zero-order chi connectivity index (χ0) is 31.0. The van der Waals surface area contributed by atoms with Crippen molar-refractivity contribution in [3.8, 4) is 11.6 Å². The van der Waals surface area contributed by atoms with Crippen molar-refractivity contribution in [3.63, 3.8) is 0 Å². The van der Waals surface area contributed by atoms with Gasteiger partial charge < -0.3 is 19.9 Å². The first-order chi connectivity index (χ1) is 21.0. The number of hydrogen-bond acceptors (Lipinski definition) is 7. The van der Waals surface area contributed by atoms with Crippen LogP contribution in [0.15, 0.2) is 60.8 Å². The maximum Gasteiger partial charge on any atom is 0.257 e. The summed E-state index contributed by atoms with van der Waals surface area (Å²) in [5, 5.41) is 2.98. The molecule has 1 aromatic heterocycles. The van der Waals surface area contributed by atoms with Gasteiger partial charge in [-0.1, -0.05) is 6.07 Å². The van der Waals surface area contributed by atoms with Crippen molar-refractivity contribution in [1.82, 2.24) is 4.98 Å². The van der Waals surface area contributed by atoms with Crippen LogP contribution >= 0.6 is 0 Å². The maximum atomic E-state index is 14.0. The molecule has 3 aromatic rings. The number of pyridine rings is 1. The molecule has 44 heavy (non-hydrogen) atoms. The number of alkyl halides is 2. The Bertz CT molecular complexity index is 1610. The van der Waals surface area contributed by atoms with E-state index in [1.807, 2.05) is 4.90 Å². The lowest BCUT2D eigenvalue weighted by Gasteiger charge is -2.35. The van der Waals surface area contributed by atoms with Gasteiger partial charge in [0.05, 0.1) is 28.4 Å². The Balaban J connectivity index is 1.28. The Morgan fingerprint density at radius 3 is 2.20 bits per heavy atom. The molecule has 0 unspecified atom stereocenters. The van der Waals surface area contributed by atoms with E-state index in [2.05, 4.69) is 19.9 Å². The molecule has 3 aliphatic rings. The van der Waals surface area contributed by atoms with Crippen molar-refractivity contribution in [2.24, 2.45) is 5.41 Å². The highest BCUT2D eigenvalue weighted by molar-refractivity contribution is 7.92. The predicted molar refractivity (Wildman–Crippen MR) is 168 cm³/mol. The van der Waals surface area contributed by atoms with Gasteiger partial charge in [-0.05, 0) is 80.5 Å². The van der Waals surface area contributed by atoms with Gasteiger partial charge in [-0.15, -0.1) is 0 Å². The summed E-state index contributed by atoms with van der Waals surface area (Å²) in [4.78, 5) is 22.0. The van der Waals surface area contributed by atoms with Crippen molar-refractivity contribution in [3.05, 3.63) is 66.4 Å². The highest BCUT2D eigenvalue weighted by atomic mass is 32.2. The number of sulfonamides is 1. The average molecular weight is 626 g/mol. The summed E-state index contributed by atoms with van der Waals surface area (Å²) in [5.74, 6) is -2.32. The minimum Gasteiger partial charge on any atom is -0.437 e. The van der Waals surface area contributed by atoms with Crippen molar-refractivity contribution < 1.29 is 26.7 Å². The predicted octanol–water partition coefficient (Wildman–Crippen LogP) is 6.50. The van der Waals surface area contributed by atoms with Crippen LogP contribution in [-0.2, 0) is 10.0 Å². The quantitative estimate of drug-likeness (QED) is 0.280. The number of rotatable bonds is 9. The summed E-state index contributed by atoms with van der Waals surface area (Å²) >= 11 is 0. The topological polar surface area (TPSA) is 104 Å². The maximum absolute atomic E-state index is 14.0. The average Bonchev–Trinajstić information content (AvgIpc) is 3.77. The number of carbonyl (C=O) groups is 1. The third kappa shape index (κ3) is 6.90. The first kappa shape index (κ1) is 30.1. The number of piperidine rings is 2. The van der Waals surface area contributed by atoms with E-state index in [4.69, 9.17) is 4.74 Å². The van der Waals surface area contributed by atoms with Crippen LogP contribution in [0.5, 0.6) is 11.6 Å². The van der Waals surface area contributed by atoms with E-state index in [0.29, 0.717) is 45.4 Å². The fourth-order valence-corrected chi connectivity index (χ4v) is 6.55. The van der Waals surface area contributed by atoms with E-state index in [9.17, 15) is 22.0 Å². The minimum absolute atomic E-state index is 0.0617. The van der Waals surface area contributed by atoms with Crippen LogP contribution in [0.1, 0.15) is 55.8 Å². The van der Waals surface area contributed by atoms with Crippen molar-refractivity contribution in [1.29, 1.82) is 0 Å². The van der Waals surface area contributed by atoms with Crippen LogP contribution in [0.4, 0.5) is 31.5 Å². The van der Waals surface area contributed by atoms with E-state index >= 15 is 0 Å². The Morgan fingerprint density at radius 2 is 1.55 bits per heavy atom. The Labute approximate surface area is 256 Å². The second-order valence-corrected chi connectivity index (χ2v) is 14.0. The van der Waals surface area contributed by atoms with Gasteiger partial charge in [0.2, 0.25) is 15.9 Å². The summed E-state index contributed by atoms with van der Waals surface area (Å²) in [6, 6.07) is 15.4. The highest BCUT2D eigenvalue weighted by Crippen LogP contribution is 2.54. The molecule has 2 N–H and O–H groups in total. The summed E-state index contributed by atoms with van der Waals surface area (Å²) in [6.07, 6.45) is 5.60. The minimum atomic E-state index is -3.50. The number of ether oxygens (including phenoxy) is 1. The van der Waals surface area contributed by atoms with Gasteiger partial charge in [-0.3, -0.25) is 9.52 Å². The van der Waals surface area contributed by atoms with Crippen LogP contribution in [-0.4, -0.2) is 57.2 Å². The normalized spacial score (nSPS) is 19.0. The first-order valence-electron chi connectivity index (χ1n) is 15.1. The van der Waals surface area contributed by atoms with E-state index in [-0.39, 0.29) is 37.6 Å². The number of nitrogens with zero attached hydrogens (tertiary/aromatic N) is 3. The smallest absolute Gasteiger partial charge is 0.257 e. The molecule has 1 aliphatic carbocycles. The van der Waals surface area contributed by atoms with Gasteiger partial charge in [-0.2, -0.15) is 0 Å². The number of anilines is 4. The molecular weight excluding hydrogens is 588 g/mol. The van der Waals surface area contributed by atoms with Crippen LogP contribution in [0, 0.1) is 5.41 Å². The molecule has 3 fully saturated rings. The highest BCUT2D eigenvalue weighted by Gasteiger charge is 2.44. The fraction of sp³-hybridized carbons (Fsp3) is 0.438. The number of amides is 1. The summed E-state index contributed by atoms with van der Waals surface area (Å²) in [7, 11) is -3.50. The number of aromatic nitrogens is 1. The monoisotopic (exact) mass is 625 g/mol. The van der Waals surface area contributed by atoms with Crippen LogP contribution in [0.2, 0.25) is 0 Å². The second-order valence-electron chi connectivity index (χ2n) is 12.0. The van der Waals surface area contributed by atoms with Gasteiger partial charge in [0.25, 0.3) is 11.8 Å². The summed E-state index contributed by atoms with van der Waals surface area (Å²) in [6.45, 7) is 3.42. The number of hydrogen-bond donors (Lipinski definition) is 2. The standard InChI is InChI=1S/C32H37F2N5O4S/c1-2-44(41,42)37-24-6-8-25(26(22-24)38-17-12-31(10-11-31)13-18-38)30(40)36-23-7-9-28(43-29-5-3-4-16-35-29)27(21-23)39-19-14-32(33,34)15-20-39/h3-9,16,21-22,37H,2,10-15,17-20H2,1H3,(H,36,40). The van der Waals surface area contributed by atoms with Gasteiger partial charge in [0.1, 0.15) is 0 Å². The van der Waals surface area contributed by atoms with Gasteiger partial charge in [-0.25, -0.2) is 22.2 Å². The van der Waals surface area contributed by atoms with Crippen molar-refractivity contribution in [2.45, 2.75) is 51.4 Å². The molecule has 3 heterocycles. The van der Waals surface area contributed by atoms with E-state index in [1.54, 1.807) is 67.7 Å². The lowest BCUT2D eigenvalue weighted by molar-refractivity contribution is -0.0221. The molecule has 2 aromatic carbocycles. The van der Waals surface area contributed by atoms with Gasteiger partial charge >= 0.3 is 0 Å². The molecular formula is C32H37F2N5O4S. The largest absolute Gasteiger partial charge is 0.437 e. The van der Waals surface area contributed by atoms with Gasteiger partial charge in [0.15, 0.2) is 5.75 Å². The number of benzene rings is 2. The fourth-order valence-electron chi connectivity index (χ4n) is 5.92. The first-order valence-corrected chi connectivity index (χ1v) is 16.8. The van der Waals surface area contributed by atoms with Gasteiger partial charge in [0, 0.05) is 57.0 Å². The van der Waals surface area contributed by atoms with E-state index in [0.717, 1.165) is 25.9 Å². The Hall–Kier alpha value is -3.93. The molecule has 1 amide bonds. The van der Waals surface area contributed by atoms with Crippen molar-refractivity contribution in [2.75, 3.05) is 51.8 Å². The molecule has 1 saturated carbocycles. The van der Waals surface area contributed by atoms with E-state index < -0.39 is 15.9 Å². The lowest BCUT2D eigenvalue weighted by atomic mass is 9.93. The zero-order valence-corrected chi connectivity index (χ0v) is 25.5.